The fourth-order valence-corrected chi connectivity index (χ4v) is 10.3. The molecular weight excluding hydrogens is 431 g/mol. The number of rotatable bonds is 8. The zero-order valence-electron chi connectivity index (χ0n) is 17.5. The molecule has 5 nitrogen and oxygen atoms in total. The molecule has 1 unspecified atom stereocenters. The molecule has 3 rings (SSSR count). The van der Waals surface area contributed by atoms with Gasteiger partial charge in [0.15, 0.2) is 5.66 Å². The van der Waals surface area contributed by atoms with Gasteiger partial charge >= 0.3 is 5.97 Å². The van der Waals surface area contributed by atoms with Crippen LogP contribution in [0.5, 0.6) is 0 Å². The van der Waals surface area contributed by atoms with Crippen molar-refractivity contribution in [3.63, 3.8) is 0 Å². The van der Waals surface area contributed by atoms with Crippen molar-refractivity contribution in [2.45, 2.75) is 30.8 Å². The molecule has 3 aromatic rings. The van der Waals surface area contributed by atoms with Gasteiger partial charge in [-0.2, -0.15) is 8.42 Å². The lowest BCUT2D eigenvalue weighted by molar-refractivity contribution is -0.142. The maximum Gasteiger partial charge on any atom is 0.348 e. The molecule has 0 saturated heterocycles. The summed E-state index contributed by atoms with van der Waals surface area (Å²) in [4.78, 5) is 13.1. The number of ether oxygens (including phenoxy) is 1. The Labute approximate surface area is 184 Å². The lowest BCUT2D eigenvalue weighted by Crippen LogP contribution is -2.44. The number of benzene rings is 3. The predicted octanol–water partition coefficient (Wildman–Crippen LogP) is 3.57. The van der Waals surface area contributed by atoms with E-state index in [9.17, 15) is 17.8 Å². The monoisotopic (exact) mass is 457 g/mol. The van der Waals surface area contributed by atoms with Gasteiger partial charge in [-0.15, -0.1) is 0 Å². The van der Waals surface area contributed by atoms with Crippen molar-refractivity contribution in [2.24, 2.45) is 0 Å². The second-order valence-corrected chi connectivity index (χ2v) is 12.0. The van der Waals surface area contributed by atoms with E-state index < -0.39 is 23.0 Å². The van der Waals surface area contributed by atoms with Crippen LogP contribution >= 0.6 is 7.26 Å². The van der Waals surface area contributed by atoms with Crippen molar-refractivity contribution < 1.29 is 22.5 Å². The molecule has 0 aliphatic carbocycles. The van der Waals surface area contributed by atoms with Gasteiger partial charge < -0.3 is 4.74 Å². The van der Waals surface area contributed by atoms with Crippen LogP contribution < -0.4 is 15.9 Å². The lowest BCUT2D eigenvalue weighted by atomic mass is 10.3. The van der Waals surface area contributed by atoms with Crippen molar-refractivity contribution in [2.75, 3.05) is 6.61 Å². The highest BCUT2D eigenvalue weighted by Gasteiger charge is 2.57. The molecule has 162 valence electrons. The van der Waals surface area contributed by atoms with Crippen molar-refractivity contribution in [3.8, 4) is 0 Å². The SMILES string of the molecule is CCOC(=O)C(CC)[P+](c1ccccc1)(c1ccccc1)c1ccccc1S(=O)(=O)O. The summed E-state index contributed by atoms with van der Waals surface area (Å²) >= 11 is 0. The van der Waals surface area contributed by atoms with Crippen LogP contribution in [-0.2, 0) is 19.6 Å². The molecule has 3 aromatic carbocycles. The second kappa shape index (κ2) is 9.73. The van der Waals surface area contributed by atoms with Crippen LogP contribution in [-0.4, -0.2) is 31.2 Å². The van der Waals surface area contributed by atoms with E-state index in [2.05, 4.69) is 0 Å². The molecule has 1 atom stereocenters. The summed E-state index contributed by atoms with van der Waals surface area (Å²) in [6.07, 6.45) is 0.441. The summed E-state index contributed by atoms with van der Waals surface area (Å²) < 4.78 is 40.4. The lowest BCUT2D eigenvalue weighted by Gasteiger charge is -2.33. The summed E-state index contributed by atoms with van der Waals surface area (Å²) in [6.45, 7) is 3.87. The quantitative estimate of drug-likeness (QED) is 0.318. The van der Waals surface area contributed by atoms with Gasteiger partial charge in [-0.25, -0.2) is 4.79 Å². The number of hydrogen-bond acceptors (Lipinski definition) is 4. The van der Waals surface area contributed by atoms with E-state index in [1.54, 1.807) is 25.1 Å². The maximum absolute atomic E-state index is 13.3. The molecule has 0 saturated carbocycles. The van der Waals surface area contributed by atoms with Crippen molar-refractivity contribution >= 4 is 39.3 Å². The zero-order valence-corrected chi connectivity index (χ0v) is 19.2. The Hall–Kier alpha value is -2.53. The summed E-state index contributed by atoms with van der Waals surface area (Å²) in [5.41, 5.74) is -0.625. The Balaban J connectivity index is 2.53. The minimum Gasteiger partial charge on any atom is -0.463 e. The van der Waals surface area contributed by atoms with E-state index in [0.717, 1.165) is 10.6 Å². The smallest absolute Gasteiger partial charge is 0.348 e. The maximum atomic E-state index is 13.3. The third-order valence-corrected chi connectivity index (χ3v) is 11.2. The van der Waals surface area contributed by atoms with Crippen LogP contribution in [0.4, 0.5) is 0 Å². The average molecular weight is 458 g/mol. The molecular formula is C24H26O5PS+. The topological polar surface area (TPSA) is 80.7 Å². The first kappa shape index (κ1) is 23.1. The van der Waals surface area contributed by atoms with Crippen LogP contribution in [0.1, 0.15) is 20.3 Å². The van der Waals surface area contributed by atoms with E-state index >= 15 is 0 Å². The van der Waals surface area contributed by atoms with Gasteiger partial charge in [-0.05, 0) is 49.7 Å². The Kier molecular flexibility index (Phi) is 7.26. The number of hydrogen-bond donors (Lipinski definition) is 1. The van der Waals surface area contributed by atoms with Crippen LogP contribution in [0.25, 0.3) is 0 Å². The highest BCUT2D eigenvalue weighted by atomic mass is 32.2. The molecule has 0 amide bonds. The van der Waals surface area contributed by atoms with Crippen LogP contribution in [0.3, 0.4) is 0 Å². The van der Waals surface area contributed by atoms with Crippen LogP contribution in [0.2, 0.25) is 0 Å². The molecule has 0 heterocycles. The third-order valence-electron chi connectivity index (χ3n) is 5.26. The van der Waals surface area contributed by atoms with Gasteiger partial charge in [0.1, 0.15) is 28.1 Å². The average Bonchev–Trinajstić information content (AvgIpc) is 2.78. The summed E-state index contributed by atoms with van der Waals surface area (Å²) in [5.74, 6) is -0.379. The number of carbonyl (C=O) groups is 1. The van der Waals surface area contributed by atoms with E-state index in [-0.39, 0.29) is 17.5 Å². The van der Waals surface area contributed by atoms with Crippen molar-refractivity contribution in [3.05, 3.63) is 84.9 Å². The predicted molar refractivity (Wildman–Crippen MR) is 126 cm³/mol. The van der Waals surface area contributed by atoms with Gasteiger partial charge in [0, 0.05) is 0 Å². The zero-order chi connectivity index (χ0) is 22.5. The third kappa shape index (κ3) is 4.42. The first-order valence-corrected chi connectivity index (χ1v) is 13.4. The molecule has 31 heavy (non-hydrogen) atoms. The van der Waals surface area contributed by atoms with Crippen LogP contribution in [0.15, 0.2) is 89.8 Å². The molecule has 0 bridgehead atoms. The molecule has 0 aliphatic heterocycles. The first-order chi connectivity index (χ1) is 14.9. The highest BCUT2D eigenvalue weighted by molar-refractivity contribution is 7.98. The fraction of sp³-hybridized carbons (Fsp3) is 0.208. The van der Waals surface area contributed by atoms with Crippen molar-refractivity contribution in [1.82, 2.24) is 0 Å². The Morgan fingerprint density at radius 3 is 1.81 bits per heavy atom. The first-order valence-electron chi connectivity index (χ1n) is 10.1. The number of carbonyl (C=O) groups excluding carboxylic acids is 1. The largest absolute Gasteiger partial charge is 0.463 e. The van der Waals surface area contributed by atoms with Gasteiger partial charge in [-0.3, -0.25) is 4.55 Å². The van der Waals surface area contributed by atoms with Gasteiger partial charge in [-0.1, -0.05) is 55.5 Å². The molecule has 0 aliphatic rings. The molecule has 0 aromatic heterocycles. The fourth-order valence-electron chi connectivity index (χ4n) is 4.09. The molecule has 1 N–H and O–H groups in total. The molecule has 0 spiro atoms. The van der Waals surface area contributed by atoms with Gasteiger partial charge in [0.05, 0.1) is 6.61 Å². The summed E-state index contributed by atoms with van der Waals surface area (Å²) in [5, 5.41) is 2.13. The molecule has 0 fully saturated rings. The standard InChI is InChI=1S/C24H25O5PS/c1-3-21(24(25)29-4-2)30(19-13-7-5-8-14-19,20-15-9-6-10-16-20)22-17-11-12-18-23(22)31(26,27)28/h5-18,21H,3-4H2,1-2H3/p+1. The minimum atomic E-state index is -4.54. The highest BCUT2D eigenvalue weighted by Crippen LogP contribution is 2.62. The number of esters is 1. The minimum absolute atomic E-state index is 0.182. The van der Waals surface area contributed by atoms with E-state index in [1.165, 1.54) is 6.07 Å². The molecule has 0 radical (unpaired) electrons. The Morgan fingerprint density at radius 1 is 0.871 bits per heavy atom. The van der Waals surface area contributed by atoms with E-state index in [0.29, 0.717) is 11.7 Å². The van der Waals surface area contributed by atoms with Crippen molar-refractivity contribution in [1.29, 1.82) is 0 Å². The van der Waals surface area contributed by atoms with Crippen LogP contribution in [0, 0.1) is 0 Å². The van der Waals surface area contributed by atoms with E-state index in [4.69, 9.17) is 4.74 Å². The van der Waals surface area contributed by atoms with Gasteiger partial charge in [0.2, 0.25) is 0 Å². The normalized spacial score (nSPS) is 12.9. The summed E-state index contributed by atoms with van der Waals surface area (Å²) in [7, 11) is -7.43. The Morgan fingerprint density at radius 2 is 1.35 bits per heavy atom. The van der Waals surface area contributed by atoms with E-state index in [1.807, 2.05) is 67.6 Å². The Bertz CT molecular complexity index is 1090. The molecule has 7 heteroatoms. The second-order valence-electron chi connectivity index (χ2n) is 7.01. The summed E-state index contributed by atoms with van der Waals surface area (Å²) in [6, 6.07) is 25.4. The van der Waals surface area contributed by atoms with Gasteiger partial charge in [0.25, 0.3) is 10.1 Å².